The van der Waals surface area contributed by atoms with Gasteiger partial charge in [0.1, 0.15) is 17.7 Å². The lowest BCUT2D eigenvalue weighted by Gasteiger charge is -2.41. The lowest BCUT2D eigenvalue weighted by molar-refractivity contribution is 0.0697. The number of nitrogens with one attached hydrogen (secondary N) is 2. The molecule has 0 aliphatic carbocycles. The van der Waals surface area contributed by atoms with E-state index in [1.54, 1.807) is 41.0 Å². The van der Waals surface area contributed by atoms with Crippen molar-refractivity contribution in [2.75, 3.05) is 28.6 Å². The van der Waals surface area contributed by atoms with Gasteiger partial charge in [-0.05, 0) is 48.5 Å². The summed E-state index contributed by atoms with van der Waals surface area (Å²) in [5, 5.41) is 14.8. The molecule has 1 aliphatic rings. The van der Waals surface area contributed by atoms with E-state index in [2.05, 4.69) is 20.5 Å². The van der Waals surface area contributed by atoms with Crippen LogP contribution in [0.15, 0.2) is 85.5 Å². The molecule has 0 unspecified atom stereocenters. The van der Waals surface area contributed by atoms with Crippen LogP contribution in [0.2, 0.25) is 0 Å². The van der Waals surface area contributed by atoms with Gasteiger partial charge >= 0.3 is 12.0 Å². The van der Waals surface area contributed by atoms with E-state index in [9.17, 15) is 19.1 Å². The maximum Gasteiger partial charge on any atom is 0.337 e. The Morgan fingerprint density at radius 2 is 1.69 bits per heavy atom. The topological polar surface area (TPSA) is 109 Å². The third kappa shape index (κ3) is 4.97. The predicted molar refractivity (Wildman–Crippen MR) is 133 cm³/mol. The summed E-state index contributed by atoms with van der Waals surface area (Å²) in [4.78, 5) is 29.7. The molecule has 0 radical (unpaired) electrons. The number of benzene rings is 2. The Kier molecular flexibility index (Phi) is 6.23. The Labute approximate surface area is 205 Å². The van der Waals surface area contributed by atoms with Crippen LogP contribution in [0.3, 0.4) is 0 Å². The molecule has 0 atom stereocenters. The number of hydrogen-bond acceptors (Lipinski definition) is 5. The highest BCUT2D eigenvalue weighted by Crippen LogP contribution is 2.32. The van der Waals surface area contributed by atoms with E-state index in [0.717, 1.165) is 11.9 Å². The predicted octanol–water partition coefficient (Wildman–Crippen LogP) is 4.62. The van der Waals surface area contributed by atoms with Crippen molar-refractivity contribution in [1.82, 2.24) is 9.55 Å². The Balaban J connectivity index is 1.18. The van der Waals surface area contributed by atoms with Crippen molar-refractivity contribution < 1.29 is 23.8 Å². The molecule has 10 heteroatoms. The van der Waals surface area contributed by atoms with Crippen molar-refractivity contribution in [1.29, 1.82) is 0 Å². The lowest BCUT2D eigenvalue weighted by atomic mass is 10.1. The van der Waals surface area contributed by atoms with Crippen LogP contribution in [0, 0.1) is 5.82 Å². The Hall–Kier alpha value is -4.86. The summed E-state index contributed by atoms with van der Waals surface area (Å²) in [5.41, 5.74) is 2.46. The van der Waals surface area contributed by atoms with Crippen molar-refractivity contribution in [3.05, 3.63) is 96.8 Å². The molecule has 3 N–H and O–H groups in total. The number of carbonyl (C=O) groups is 2. The molecular formula is C26H22FN5O4. The zero-order valence-corrected chi connectivity index (χ0v) is 19.0. The number of rotatable bonds is 7. The maximum atomic E-state index is 13.2. The highest BCUT2D eigenvalue weighted by atomic mass is 19.1. The van der Waals surface area contributed by atoms with Crippen LogP contribution in [0.25, 0.3) is 5.69 Å². The summed E-state index contributed by atoms with van der Waals surface area (Å²) in [6.07, 6.45) is 5.98. The molecule has 5 rings (SSSR count). The maximum absolute atomic E-state index is 13.2. The average Bonchev–Trinajstić information content (AvgIpc) is 3.36. The van der Waals surface area contributed by atoms with Gasteiger partial charge in [-0.3, -0.25) is 4.98 Å². The molecule has 4 aromatic rings. The summed E-state index contributed by atoms with van der Waals surface area (Å²) >= 11 is 0. The summed E-state index contributed by atoms with van der Waals surface area (Å²) in [6.45, 7) is 1.20. The summed E-state index contributed by atoms with van der Waals surface area (Å²) < 4.78 is 21.0. The zero-order valence-electron chi connectivity index (χ0n) is 19.0. The molecule has 0 spiro atoms. The fourth-order valence-corrected chi connectivity index (χ4v) is 4.01. The van der Waals surface area contributed by atoms with Crippen molar-refractivity contribution in [3.8, 4) is 11.4 Å². The zero-order chi connectivity index (χ0) is 25.1. The van der Waals surface area contributed by atoms with E-state index >= 15 is 0 Å². The number of anilines is 3. The minimum Gasteiger partial charge on any atom is -0.487 e. The standard InChI is InChI=1S/C26H22FN5O4/c27-17-12-19(14-28-13-17)30-26(35)29-18-6-8-20(9-7-18)36-21-15-32(16-21)23-5-3-4-22(25(33)34)24(23)31-10-1-2-11-31/h1-14,21H,15-16H2,(H,33,34)(H2,29,30,35). The largest absolute Gasteiger partial charge is 0.487 e. The third-order valence-corrected chi connectivity index (χ3v) is 5.67. The van der Waals surface area contributed by atoms with Gasteiger partial charge in [-0.1, -0.05) is 6.07 Å². The van der Waals surface area contributed by atoms with Crippen LogP contribution >= 0.6 is 0 Å². The summed E-state index contributed by atoms with van der Waals surface area (Å²) in [7, 11) is 0. The van der Waals surface area contributed by atoms with Gasteiger partial charge in [0.05, 0.1) is 48.1 Å². The fraction of sp³-hybridized carbons (Fsp3) is 0.115. The number of amides is 2. The number of aromatic carboxylic acids is 1. The van der Waals surface area contributed by atoms with Crippen LogP contribution in [-0.2, 0) is 0 Å². The molecule has 1 saturated heterocycles. The number of ether oxygens (including phenoxy) is 1. The molecule has 9 nitrogen and oxygen atoms in total. The van der Waals surface area contributed by atoms with Crippen LogP contribution in [0.5, 0.6) is 5.75 Å². The Bertz CT molecular complexity index is 1390. The quantitative estimate of drug-likeness (QED) is 0.351. The number of carboxylic acids is 1. The molecule has 2 aromatic heterocycles. The third-order valence-electron chi connectivity index (χ3n) is 5.67. The lowest BCUT2D eigenvalue weighted by Crippen LogP contribution is -2.54. The smallest absolute Gasteiger partial charge is 0.337 e. The molecule has 1 aliphatic heterocycles. The molecule has 182 valence electrons. The second-order valence-corrected chi connectivity index (χ2v) is 8.21. The van der Waals surface area contributed by atoms with Crippen LogP contribution < -0.4 is 20.3 Å². The van der Waals surface area contributed by atoms with Crippen molar-refractivity contribution in [2.24, 2.45) is 0 Å². The van der Waals surface area contributed by atoms with Crippen LogP contribution in [-0.4, -0.2) is 45.9 Å². The van der Waals surface area contributed by atoms with Gasteiger partial charge < -0.3 is 29.9 Å². The Morgan fingerprint density at radius 3 is 2.39 bits per heavy atom. The Morgan fingerprint density at radius 1 is 0.972 bits per heavy atom. The van der Waals surface area contributed by atoms with Gasteiger partial charge in [-0.25, -0.2) is 14.0 Å². The second kappa shape index (κ2) is 9.79. The molecule has 1 fully saturated rings. The highest BCUT2D eigenvalue weighted by Gasteiger charge is 2.31. The number of urea groups is 1. The van der Waals surface area contributed by atoms with Gasteiger partial charge in [0.15, 0.2) is 0 Å². The molecule has 3 heterocycles. The first-order chi connectivity index (χ1) is 17.5. The number of carboxylic acid groups (broad SMARTS) is 1. The normalized spacial score (nSPS) is 13.1. The number of hydrogen-bond donors (Lipinski definition) is 3. The minimum absolute atomic E-state index is 0.0708. The second-order valence-electron chi connectivity index (χ2n) is 8.21. The van der Waals surface area contributed by atoms with E-state index in [4.69, 9.17) is 4.74 Å². The first kappa shape index (κ1) is 22.9. The summed E-state index contributed by atoms with van der Waals surface area (Å²) in [5.74, 6) is -0.881. The van der Waals surface area contributed by atoms with Gasteiger partial charge in [0.2, 0.25) is 0 Å². The van der Waals surface area contributed by atoms with Gasteiger partial charge in [0.25, 0.3) is 0 Å². The van der Waals surface area contributed by atoms with Gasteiger partial charge in [0, 0.05) is 24.1 Å². The first-order valence-electron chi connectivity index (χ1n) is 11.2. The number of aromatic nitrogens is 2. The number of halogens is 1. The van der Waals surface area contributed by atoms with E-state index in [1.807, 2.05) is 30.6 Å². The fourth-order valence-electron chi connectivity index (χ4n) is 4.01. The first-order valence-corrected chi connectivity index (χ1v) is 11.2. The van der Waals surface area contributed by atoms with Crippen LogP contribution in [0.4, 0.5) is 26.2 Å². The molecule has 0 saturated carbocycles. The molecule has 2 aromatic carbocycles. The molecule has 2 amide bonds. The molecule has 36 heavy (non-hydrogen) atoms. The average molecular weight is 487 g/mol. The van der Waals surface area contributed by atoms with Crippen molar-refractivity contribution in [3.63, 3.8) is 0 Å². The van der Waals surface area contributed by atoms with E-state index in [1.165, 1.54) is 12.3 Å². The number of nitrogens with zero attached hydrogens (tertiary/aromatic N) is 3. The monoisotopic (exact) mass is 487 g/mol. The SMILES string of the molecule is O=C(Nc1ccc(OC2CN(c3cccc(C(=O)O)c3-n3cccc3)C2)cc1)Nc1cncc(F)c1. The van der Waals surface area contributed by atoms with Crippen LogP contribution in [0.1, 0.15) is 10.4 Å². The van der Waals surface area contributed by atoms with Gasteiger partial charge in [-0.15, -0.1) is 0 Å². The van der Waals surface area contributed by atoms with Crippen molar-refractivity contribution in [2.45, 2.75) is 6.10 Å². The highest BCUT2D eigenvalue weighted by molar-refractivity contribution is 5.99. The van der Waals surface area contributed by atoms with E-state index in [-0.39, 0.29) is 17.4 Å². The minimum atomic E-state index is -0.983. The van der Waals surface area contributed by atoms with Crippen molar-refractivity contribution >= 4 is 29.1 Å². The van der Waals surface area contributed by atoms with E-state index in [0.29, 0.717) is 30.2 Å². The molecular weight excluding hydrogens is 465 g/mol. The van der Waals surface area contributed by atoms with Gasteiger partial charge in [-0.2, -0.15) is 0 Å². The molecule has 0 bridgehead atoms. The number of pyridine rings is 1. The van der Waals surface area contributed by atoms with E-state index < -0.39 is 17.8 Å². The number of para-hydroxylation sites is 1. The summed E-state index contributed by atoms with van der Waals surface area (Å²) in [6, 6.07) is 16.5. The number of carbonyl (C=O) groups excluding carboxylic acids is 1.